The maximum Gasteiger partial charge on any atom is 0.324 e. The fourth-order valence-corrected chi connectivity index (χ4v) is 4.64. The SMILES string of the molecule is C[C@H]1CCCC[C@H]1NC(=O)CC[C@@H]1NC(=O)N(CCc2c[nH]c3ccccc23)C1=O. The molecule has 2 heterocycles. The monoisotopic (exact) mass is 410 g/mol. The first-order chi connectivity index (χ1) is 14.5. The summed E-state index contributed by atoms with van der Waals surface area (Å²) in [5.41, 5.74) is 2.12. The van der Waals surface area contributed by atoms with Gasteiger partial charge in [0.2, 0.25) is 5.91 Å². The minimum Gasteiger partial charge on any atom is -0.361 e. The summed E-state index contributed by atoms with van der Waals surface area (Å²) >= 11 is 0. The Hall–Kier alpha value is -2.83. The van der Waals surface area contributed by atoms with E-state index in [1.165, 1.54) is 11.3 Å². The summed E-state index contributed by atoms with van der Waals surface area (Å²) < 4.78 is 0. The Balaban J connectivity index is 1.27. The highest BCUT2D eigenvalue weighted by atomic mass is 16.2. The largest absolute Gasteiger partial charge is 0.361 e. The Morgan fingerprint density at radius 3 is 2.83 bits per heavy atom. The molecule has 3 atom stereocenters. The van der Waals surface area contributed by atoms with Gasteiger partial charge in [0.25, 0.3) is 5.91 Å². The lowest BCUT2D eigenvalue weighted by molar-refractivity contribution is -0.127. The number of fused-ring (bicyclic) bond motifs is 1. The molecule has 2 aliphatic rings. The lowest BCUT2D eigenvalue weighted by atomic mass is 9.86. The molecular weight excluding hydrogens is 380 g/mol. The number of aromatic nitrogens is 1. The first-order valence-corrected chi connectivity index (χ1v) is 11.0. The molecule has 1 saturated carbocycles. The summed E-state index contributed by atoms with van der Waals surface area (Å²) in [6, 6.07) is 7.22. The fourth-order valence-electron chi connectivity index (χ4n) is 4.64. The van der Waals surface area contributed by atoms with Crippen LogP contribution in [0.3, 0.4) is 0 Å². The van der Waals surface area contributed by atoms with Crippen molar-refractivity contribution < 1.29 is 14.4 Å². The van der Waals surface area contributed by atoms with Gasteiger partial charge >= 0.3 is 6.03 Å². The third-order valence-electron chi connectivity index (χ3n) is 6.50. The van der Waals surface area contributed by atoms with Crippen LogP contribution < -0.4 is 10.6 Å². The zero-order chi connectivity index (χ0) is 21.1. The number of amides is 4. The third kappa shape index (κ3) is 4.35. The molecule has 1 aliphatic heterocycles. The standard InChI is InChI=1S/C23H30N4O3/c1-15-6-2-4-8-18(15)25-21(28)11-10-20-22(29)27(23(30)26-20)13-12-16-14-24-19-9-5-3-7-17(16)19/h3,5,7,9,14-15,18,20,24H,2,4,6,8,10-13H2,1H3,(H,25,28)(H,26,30)/t15-,18+,20-/m0/s1. The smallest absolute Gasteiger partial charge is 0.324 e. The molecule has 1 saturated heterocycles. The molecule has 7 heteroatoms. The van der Waals surface area contributed by atoms with E-state index in [0.29, 0.717) is 25.3 Å². The molecule has 2 fully saturated rings. The maximum absolute atomic E-state index is 12.7. The van der Waals surface area contributed by atoms with Crippen LogP contribution in [0.2, 0.25) is 0 Å². The molecule has 4 amide bonds. The van der Waals surface area contributed by atoms with Crippen LogP contribution >= 0.6 is 0 Å². The summed E-state index contributed by atoms with van der Waals surface area (Å²) in [4.78, 5) is 41.8. The van der Waals surface area contributed by atoms with Crippen LogP contribution in [0.25, 0.3) is 10.9 Å². The van der Waals surface area contributed by atoms with Crippen molar-refractivity contribution >= 4 is 28.7 Å². The number of hydrogen-bond donors (Lipinski definition) is 3. The highest BCUT2D eigenvalue weighted by Gasteiger charge is 2.37. The second-order valence-corrected chi connectivity index (χ2v) is 8.58. The van der Waals surface area contributed by atoms with Gasteiger partial charge in [-0.05, 0) is 43.2 Å². The molecule has 160 valence electrons. The van der Waals surface area contributed by atoms with E-state index in [9.17, 15) is 14.4 Å². The first kappa shape index (κ1) is 20.4. The topological polar surface area (TPSA) is 94.3 Å². The quantitative estimate of drug-likeness (QED) is 0.612. The van der Waals surface area contributed by atoms with Crippen molar-refractivity contribution in [2.24, 2.45) is 5.92 Å². The second kappa shape index (κ2) is 8.90. The highest BCUT2D eigenvalue weighted by molar-refractivity contribution is 6.04. The number of rotatable bonds is 7. The number of aromatic amines is 1. The summed E-state index contributed by atoms with van der Waals surface area (Å²) in [7, 11) is 0. The van der Waals surface area contributed by atoms with Gasteiger partial charge in [0.1, 0.15) is 6.04 Å². The van der Waals surface area contributed by atoms with Crippen molar-refractivity contribution in [3.63, 3.8) is 0 Å². The molecule has 2 aromatic rings. The van der Waals surface area contributed by atoms with Crippen molar-refractivity contribution in [3.05, 3.63) is 36.0 Å². The van der Waals surface area contributed by atoms with Crippen molar-refractivity contribution in [3.8, 4) is 0 Å². The van der Waals surface area contributed by atoms with Crippen LogP contribution in [-0.4, -0.2) is 46.4 Å². The van der Waals surface area contributed by atoms with Gasteiger partial charge in [0.05, 0.1) is 0 Å². The van der Waals surface area contributed by atoms with E-state index in [-0.39, 0.29) is 30.3 Å². The molecule has 1 aromatic carbocycles. The Kier molecular flexibility index (Phi) is 6.06. The fraction of sp³-hybridized carbons (Fsp3) is 0.522. The second-order valence-electron chi connectivity index (χ2n) is 8.58. The number of benzene rings is 1. The van der Waals surface area contributed by atoms with Gasteiger partial charge in [-0.15, -0.1) is 0 Å². The third-order valence-corrected chi connectivity index (χ3v) is 6.50. The molecule has 7 nitrogen and oxygen atoms in total. The van der Waals surface area contributed by atoms with Gasteiger partial charge in [-0.2, -0.15) is 0 Å². The van der Waals surface area contributed by atoms with Crippen LogP contribution in [0, 0.1) is 5.92 Å². The molecule has 30 heavy (non-hydrogen) atoms. The van der Waals surface area contributed by atoms with Gasteiger partial charge in [-0.25, -0.2) is 4.79 Å². The zero-order valence-corrected chi connectivity index (χ0v) is 17.4. The average molecular weight is 411 g/mol. The molecule has 1 aliphatic carbocycles. The number of carbonyl (C=O) groups excluding carboxylic acids is 3. The lowest BCUT2D eigenvalue weighted by Gasteiger charge is -2.29. The van der Waals surface area contributed by atoms with Crippen molar-refractivity contribution in [1.82, 2.24) is 20.5 Å². The highest BCUT2D eigenvalue weighted by Crippen LogP contribution is 2.24. The number of H-pyrrole nitrogens is 1. The molecule has 1 aromatic heterocycles. The van der Waals surface area contributed by atoms with E-state index >= 15 is 0 Å². The van der Waals surface area contributed by atoms with Crippen molar-refractivity contribution in [2.45, 2.75) is 64.0 Å². The van der Waals surface area contributed by atoms with Crippen LogP contribution in [-0.2, 0) is 16.0 Å². The zero-order valence-electron chi connectivity index (χ0n) is 17.4. The molecule has 0 unspecified atom stereocenters. The van der Waals surface area contributed by atoms with E-state index in [0.717, 1.165) is 35.7 Å². The Bertz CT molecular complexity index is 937. The molecule has 0 bridgehead atoms. The summed E-state index contributed by atoms with van der Waals surface area (Å²) in [5, 5.41) is 6.96. The molecule has 0 spiro atoms. The Labute approximate surface area is 176 Å². The number of carbonyl (C=O) groups is 3. The van der Waals surface area contributed by atoms with Gasteiger partial charge in [-0.1, -0.05) is 38.0 Å². The van der Waals surface area contributed by atoms with Crippen LogP contribution in [0.4, 0.5) is 4.79 Å². The number of urea groups is 1. The van der Waals surface area contributed by atoms with Crippen LogP contribution in [0.1, 0.15) is 51.0 Å². The number of para-hydroxylation sites is 1. The molecular formula is C23H30N4O3. The maximum atomic E-state index is 12.7. The van der Waals surface area contributed by atoms with Gasteiger partial charge < -0.3 is 15.6 Å². The normalized spacial score (nSPS) is 24.3. The Morgan fingerprint density at radius 1 is 1.20 bits per heavy atom. The average Bonchev–Trinajstić information content (AvgIpc) is 3.27. The van der Waals surface area contributed by atoms with Gasteiger partial charge in [0.15, 0.2) is 0 Å². The van der Waals surface area contributed by atoms with E-state index in [1.807, 2.05) is 30.5 Å². The number of hydrogen-bond acceptors (Lipinski definition) is 3. The Morgan fingerprint density at radius 2 is 2.00 bits per heavy atom. The predicted molar refractivity (Wildman–Crippen MR) is 115 cm³/mol. The van der Waals surface area contributed by atoms with Crippen molar-refractivity contribution in [1.29, 1.82) is 0 Å². The minimum atomic E-state index is -0.616. The number of imide groups is 1. The predicted octanol–water partition coefficient (Wildman–Crippen LogP) is 3.11. The summed E-state index contributed by atoms with van der Waals surface area (Å²) in [5.74, 6) is 0.224. The van der Waals surface area contributed by atoms with Gasteiger partial charge in [-0.3, -0.25) is 14.5 Å². The molecule has 4 rings (SSSR count). The van der Waals surface area contributed by atoms with Crippen LogP contribution in [0.15, 0.2) is 30.5 Å². The van der Waals surface area contributed by atoms with E-state index < -0.39 is 6.04 Å². The van der Waals surface area contributed by atoms with Gasteiger partial charge in [0, 0.05) is 36.1 Å². The van der Waals surface area contributed by atoms with Crippen LogP contribution in [0.5, 0.6) is 0 Å². The summed E-state index contributed by atoms with van der Waals surface area (Å²) in [6.07, 6.45) is 7.65. The molecule has 3 N–H and O–H groups in total. The number of nitrogens with one attached hydrogen (secondary N) is 3. The van der Waals surface area contributed by atoms with Crippen molar-refractivity contribution in [2.75, 3.05) is 6.54 Å². The minimum absolute atomic E-state index is 0.0342. The molecule has 0 radical (unpaired) electrons. The van der Waals surface area contributed by atoms with E-state index in [1.54, 1.807) is 0 Å². The lowest BCUT2D eigenvalue weighted by Crippen LogP contribution is -2.41. The summed E-state index contributed by atoms with van der Waals surface area (Å²) in [6.45, 7) is 2.51. The van der Waals surface area contributed by atoms with E-state index in [2.05, 4.69) is 22.5 Å². The first-order valence-electron chi connectivity index (χ1n) is 11.0. The van der Waals surface area contributed by atoms with E-state index in [4.69, 9.17) is 0 Å². The number of nitrogens with zero attached hydrogens (tertiary/aromatic N) is 1.